The number of amides is 1. The summed E-state index contributed by atoms with van der Waals surface area (Å²) >= 11 is 0. The maximum atomic E-state index is 12.0. The molecule has 1 saturated carbocycles. The van der Waals surface area contributed by atoms with Crippen LogP contribution in [0, 0.1) is 5.92 Å². The van der Waals surface area contributed by atoms with Crippen LogP contribution in [-0.2, 0) is 0 Å². The van der Waals surface area contributed by atoms with Gasteiger partial charge in [-0.2, -0.15) is 0 Å². The molecule has 1 aromatic heterocycles. The number of aliphatic hydroxyl groups is 1. The molecule has 2 rings (SSSR count). The first kappa shape index (κ1) is 13.5. The van der Waals surface area contributed by atoms with Crippen molar-refractivity contribution in [3.05, 3.63) is 32.6 Å². The van der Waals surface area contributed by atoms with Crippen LogP contribution in [0.15, 0.2) is 15.7 Å². The van der Waals surface area contributed by atoms with Crippen LogP contribution >= 0.6 is 0 Å². The van der Waals surface area contributed by atoms with Crippen molar-refractivity contribution in [2.45, 2.75) is 31.7 Å². The van der Waals surface area contributed by atoms with Crippen molar-refractivity contribution in [2.24, 2.45) is 5.92 Å². The standard InChI is InChI=1S/C12H17N3O4/c16-6-7-3-1-2-4-8(7)13-11(18)9-5-10(17)15-12(19)14-9/h5,7-8,16H,1-4,6H2,(H,13,18)(H2,14,15,17,19). The molecule has 1 heterocycles. The molecule has 104 valence electrons. The van der Waals surface area contributed by atoms with Crippen LogP contribution in [0.2, 0.25) is 0 Å². The fraction of sp³-hybridized carbons (Fsp3) is 0.583. The molecule has 0 radical (unpaired) electrons. The van der Waals surface area contributed by atoms with E-state index in [1.165, 1.54) is 0 Å². The van der Waals surface area contributed by atoms with Crippen LogP contribution in [0.4, 0.5) is 0 Å². The Morgan fingerprint density at radius 2 is 2.05 bits per heavy atom. The fourth-order valence-corrected chi connectivity index (χ4v) is 2.45. The number of aliphatic hydroxyl groups excluding tert-OH is 1. The Labute approximate surface area is 109 Å². The van der Waals surface area contributed by atoms with Crippen molar-refractivity contribution in [3.8, 4) is 0 Å². The maximum absolute atomic E-state index is 12.0. The molecular weight excluding hydrogens is 250 g/mol. The summed E-state index contributed by atoms with van der Waals surface area (Å²) in [5, 5.41) is 12.0. The lowest BCUT2D eigenvalue weighted by Crippen LogP contribution is -2.44. The molecule has 0 saturated heterocycles. The van der Waals surface area contributed by atoms with Crippen molar-refractivity contribution in [3.63, 3.8) is 0 Å². The van der Waals surface area contributed by atoms with Crippen LogP contribution < -0.4 is 16.6 Å². The molecule has 1 aliphatic carbocycles. The van der Waals surface area contributed by atoms with Gasteiger partial charge in [-0.1, -0.05) is 12.8 Å². The Hall–Kier alpha value is -1.89. The van der Waals surface area contributed by atoms with Crippen molar-refractivity contribution < 1.29 is 9.90 Å². The Morgan fingerprint density at radius 3 is 2.74 bits per heavy atom. The monoisotopic (exact) mass is 267 g/mol. The van der Waals surface area contributed by atoms with Crippen LogP contribution in [-0.4, -0.2) is 33.6 Å². The summed E-state index contributed by atoms with van der Waals surface area (Å²) in [5.41, 5.74) is -1.38. The molecule has 19 heavy (non-hydrogen) atoms. The van der Waals surface area contributed by atoms with Gasteiger partial charge in [-0.3, -0.25) is 14.6 Å². The lowest BCUT2D eigenvalue weighted by atomic mass is 9.85. The minimum Gasteiger partial charge on any atom is -0.396 e. The van der Waals surface area contributed by atoms with Gasteiger partial charge in [0.1, 0.15) is 5.69 Å². The van der Waals surface area contributed by atoms with E-state index in [9.17, 15) is 19.5 Å². The SMILES string of the molecule is O=C(NC1CCCCC1CO)c1cc(=O)[nH]c(=O)[nH]1. The number of hydrogen-bond acceptors (Lipinski definition) is 4. The van der Waals surface area contributed by atoms with Gasteiger partial charge >= 0.3 is 5.69 Å². The van der Waals surface area contributed by atoms with E-state index in [4.69, 9.17) is 0 Å². The predicted octanol–water partition coefficient (Wildman–Crippen LogP) is -0.656. The number of rotatable bonds is 3. The first-order valence-electron chi connectivity index (χ1n) is 6.35. The molecular formula is C12H17N3O4. The minimum absolute atomic E-state index is 0.0246. The highest BCUT2D eigenvalue weighted by Gasteiger charge is 2.26. The van der Waals surface area contributed by atoms with E-state index in [0.717, 1.165) is 31.7 Å². The number of aromatic nitrogens is 2. The molecule has 1 amide bonds. The van der Waals surface area contributed by atoms with Crippen molar-refractivity contribution in [2.75, 3.05) is 6.61 Å². The zero-order chi connectivity index (χ0) is 13.8. The van der Waals surface area contributed by atoms with E-state index < -0.39 is 17.2 Å². The summed E-state index contributed by atoms with van der Waals surface area (Å²) in [6, 6.07) is 0.932. The zero-order valence-electron chi connectivity index (χ0n) is 10.4. The second-order valence-corrected chi connectivity index (χ2v) is 4.81. The number of carbonyl (C=O) groups excluding carboxylic acids is 1. The fourth-order valence-electron chi connectivity index (χ4n) is 2.45. The van der Waals surface area contributed by atoms with Crippen LogP contribution in [0.3, 0.4) is 0 Å². The molecule has 4 N–H and O–H groups in total. The van der Waals surface area contributed by atoms with Gasteiger partial charge in [0.2, 0.25) is 0 Å². The average molecular weight is 267 g/mol. The van der Waals surface area contributed by atoms with Crippen LogP contribution in [0.25, 0.3) is 0 Å². The van der Waals surface area contributed by atoms with Gasteiger partial charge in [0.25, 0.3) is 11.5 Å². The van der Waals surface area contributed by atoms with Crippen LogP contribution in [0.1, 0.15) is 36.2 Å². The molecule has 7 nitrogen and oxygen atoms in total. The quantitative estimate of drug-likeness (QED) is 0.582. The second-order valence-electron chi connectivity index (χ2n) is 4.81. The molecule has 0 bridgehead atoms. The highest BCUT2D eigenvalue weighted by atomic mass is 16.3. The first-order chi connectivity index (χ1) is 9.10. The molecule has 1 aromatic rings. The van der Waals surface area contributed by atoms with E-state index in [2.05, 4.69) is 10.3 Å². The number of nitrogens with one attached hydrogen (secondary N) is 3. The molecule has 0 aromatic carbocycles. The van der Waals surface area contributed by atoms with E-state index in [0.29, 0.717) is 0 Å². The third-order valence-electron chi connectivity index (χ3n) is 3.47. The number of carbonyl (C=O) groups is 1. The lowest BCUT2D eigenvalue weighted by molar-refractivity contribution is 0.0867. The largest absolute Gasteiger partial charge is 0.396 e. The van der Waals surface area contributed by atoms with Gasteiger partial charge in [-0.15, -0.1) is 0 Å². The van der Waals surface area contributed by atoms with Gasteiger partial charge in [0, 0.05) is 24.6 Å². The molecule has 2 atom stereocenters. The maximum Gasteiger partial charge on any atom is 0.326 e. The van der Waals surface area contributed by atoms with Gasteiger partial charge in [-0.05, 0) is 12.8 Å². The summed E-state index contributed by atoms with van der Waals surface area (Å²) < 4.78 is 0. The Morgan fingerprint density at radius 1 is 1.32 bits per heavy atom. The van der Waals surface area contributed by atoms with Crippen molar-refractivity contribution in [1.82, 2.24) is 15.3 Å². The number of hydrogen-bond donors (Lipinski definition) is 4. The van der Waals surface area contributed by atoms with Crippen LogP contribution in [0.5, 0.6) is 0 Å². The summed E-state index contributed by atoms with van der Waals surface area (Å²) in [6.45, 7) is 0.0246. The van der Waals surface area contributed by atoms with Crippen molar-refractivity contribution >= 4 is 5.91 Å². The molecule has 7 heteroatoms. The van der Waals surface area contributed by atoms with Gasteiger partial charge < -0.3 is 15.4 Å². The highest BCUT2D eigenvalue weighted by Crippen LogP contribution is 2.24. The molecule has 2 unspecified atom stereocenters. The van der Waals surface area contributed by atoms with E-state index >= 15 is 0 Å². The first-order valence-corrected chi connectivity index (χ1v) is 6.35. The summed E-state index contributed by atoms with van der Waals surface area (Å²) in [7, 11) is 0. The normalized spacial score (nSPS) is 23.0. The predicted molar refractivity (Wildman–Crippen MR) is 68.0 cm³/mol. The zero-order valence-corrected chi connectivity index (χ0v) is 10.4. The van der Waals surface area contributed by atoms with Gasteiger partial charge in [-0.25, -0.2) is 4.79 Å². The van der Waals surface area contributed by atoms with Crippen molar-refractivity contribution in [1.29, 1.82) is 0 Å². The molecule has 1 fully saturated rings. The Bertz CT molecular complexity index is 534. The molecule has 0 aliphatic heterocycles. The third kappa shape index (κ3) is 3.31. The summed E-state index contributed by atoms with van der Waals surface area (Å²) in [4.78, 5) is 38.5. The van der Waals surface area contributed by atoms with Gasteiger partial charge in [0.05, 0.1) is 0 Å². The van der Waals surface area contributed by atoms with Gasteiger partial charge in [0.15, 0.2) is 0 Å². The Balaban J connectivity index is 2.11. The minimum atomic E-state index is -0.708. The highest BCUT2D eigenvalue weighted by molar-refractivity contribution is 5.92. The number of H-pyrrole nitrogens is 2. The third-order valence-corrected chi connectivity index (χ3v) is 3.47. The Kier molecular flexibility index (Phi) is 4.16. The summed E-state index contributed by atoms with van der Waals surface area (Å²) in [5.74, 6) is -0.458. The second kappa shape index (κ2) is 5.83. The van der Waals surface area contributed by atoms with E-state index in [1.54, 1.807) is 0 Å². The van der Waals surface area contributed by atoms with E-state index in [-0.39, 0.29) is 24.3 Å². The number of aromatic amines is 2. The molecule has 1 aliphatic rings. The lowest BCUT2D eigenvalue weighted by Gasteiger charge is -2.30. The summed E-state index contributed by atoms with van der Waals surface area (Å²) in [6.07, 6.45) is 3.70. The topological polar surface area (TPSA) is 115 Å². The average Bonchev–Trinajstić information content (AvgIpc) is 2.38. The smallest absolute Gasteiger partial charge is 0.326 e. The molecule has 0 spiro atoms. The van der Waals surface area contributed by atoms with E-state index in [1.807, 2.05) is 4.98 Å².